The number of rotatable bonds is 7. The number of nitrogens with two attached hydrogens (primary N) is 1. The molecule has 2 aromatic rings. The third kappa shape index (κ3) is 5.57. The predicted octanol–water partition coefficient (Wildman–Crippen LogP) is 1.10. The van der Waals surface area contributed by atoms with Crippen molar-refractivity contribution >= 4 is 27.5 Å². The van der Waals surface area contributed by atoms with E-state index in [1.165, 1.54) is 31.4 Å². The molecule has 0 saturated carbocycles. The highest BCUT2D eigenvalue weighted by atomic mass is 32.2. The van der Waals surface area contributed by atoms with Crippen molar-refractivity contribution in [3.63, 3.8) is 0 Å². The van der Waals surface area contributed by atoms with Gasteiger partial charge in [-0.15, -0.1) is 0 Å². The van der Waals surface area contributed by atoms with Crippen molar-refractivity contribution in [3.05, 3.63) is 54.1 Å². The van der Waals surface area contributed by atoms with Crippen LogP contribution in [0.4, 0.5) is 5.69 Å². The summed E-state index contributed by atoms with van der Waals surface area (Å²) in [5.74, 6) is -0.0631. The Bertz CT molecular complexity index is 895. The van der Waals surface area contributed by atoms with Gasteiger partial charge in [0.2, 0.25) is 15.9 Å². The van der Waals surface area contributed by atoms with E-state index in [2.05, 4.69) is 10.6 Å². The molecule has 0 aliphatic rings. The van der Waals surface area contributed by atoms with Crippen LogP contribution in [-0.2, 0) is 14.8 Å². The minimum absolute atomic E-state index is 0.0407. The quantitative estimate of drug-likeness (QED) is 0.666. The van der Waals surface area contributed by atoms with Crippen LogP contribution in [0.3, 0.4) is 0 Å². The Morgan fingerprint density at radius 3 is 2.42 bits per heavy atom. The molecule has 0 aromatic heterocycles. The van der Waals surface area contributed by atoms with E-state index in [4.69, 9.17) is 9.88 Å². The molecule has 2 aromatic carbocycles. The second kappa shape index (κ2) is 8.45. The van der Waals surface area contributed by atoms with Crippen LogP contribution in [0, 0.1) is 0 Å². The highest BCUT2D eigenvalue weighted by Gasteiger charge is 2.09. The molecule has 0 saturated heterocycles. The number of nitrogens with one attached hydrogen (secondary N) is 2. The molecule has 9 heteroatoms. The van der Waals surface area contributed by atoms with E-state index >= 15 is 0 Å². The third-order valence-electron chi connectivity index (χ3n) is 3.44. The highest BCUT2D eigenvalue weighted by molar-refractivity contribution is 7.89. The molecule has 0 spiro atoms. The van der Waals surface area contributed by atoms with Gasteiger partial charge in [0.25, 0.3) is 5.91 Å². The lowest BCUT2D eigenvalue weighted by molar-refractivity contribution is -0.116. The van der Waals surface area contributed by atoms with Crippen LogP contribution >= 0.6 is 0 Å². The smallest absolute Gasteiger partial charge is 0.251 e. The average molecular weight is 377 g/mol. The molecule has 2 rings (SSSR count). The van der Waals surface area contributed by atoms with Gasteiger partial charge in [0.1, 0.15) is 5.75 Å². The lowest BCUT2D eigenvalue weighted by atomic mass is 10.2. The first-order chi connectivity index (χ1) is 12.3. The van der Waals surface area contributed by atoms with Crippen LogP contribution < -0.4 is 20.5 Å². The lowest BCUT2D eigenvalue weighted by Crippen LogP contribution is -2.27. The van der Waals surface area contributed by atoms with Gasteiger partial charge in [0, 0.05) is 24.2 Å². The fourth-order valence-electron chi connectivity index (χ4n) is 2.11. The summed E-state index contributed by atoms with van der Waals surface area (Å²) < 4.78 is 27.4. The van der Waals surface area contributed by atoms with E-state index in [1.54, 1.807) is 24.3 Å². The number of carbonyl (C=O) groups is 2. The largest absolute Gasteiger partial charge is 0.497 e. The first-order valence-corrected chi connectivity index (χ1v) is 9.19. The summed E-state index contributed by atoms with van der Waals surface area (Å²) in [4.78, 5) is 23.9. The average Bonchev–Trinajstić information content (AvgIpc) is 2.61. The Morgan fingerprint density at radius 1 is 1.12 bits per heavy atom. The van der Waals surface area contributed by atoms with Gasteiger partial charge in [0.05, 0.1) is 12.0 Å². The van der Waals surface area contributed by atoms with Crippen molar-refractivity contribution in [3.8, 4) is 5.75 Å². The molecule has 0 heterocycles. The summed E-state index contributed by atoms with van der Waals surface area (Å²) in [6, 6.07) is 12.1. The Kier molecular flexibility index (Phi) is 6.31. The predicted molar refractivity (Wildman–Crippen MR) is 96.4 cm³/mol. The van der Waals surface area contributed by atoms with Gasteiger partial charge >= 0.3 is 0 Å². The van der Waals surface area contributed by atoms with Crippen LogP contribution in [-0.4, -0.2) is 33.9 Å². The van der Waals surface area contributed by atoms with Crippen molar-refractivity contribution in [2.24, 2.45) is 5.14 Å². The number of hydrogen-bond donors (Lipinski definition) is 3. The third-order valence-corrected chi connectivity index (χ3v) is 4.37. The fraction of sp³-hybridized carbons (Fsp3) is 0.176. The van der Waals surface area contributed by atoms with Crippen molar-refractivity contribution in [2.45, 2.75) is 11.3 Å². The van der Waals surface area contributed by atoms with Gasteiger partial charge in [0.15, 0.2) is 0 Å². The van der Waals surface area contributed by atoms with Crippen molar-refractivity contribution in [1.29, 1.82) is 0 Å². The van der Waals surface area contributed by atoms with E-state index in [-0.39, 0.29) is 29.7 Å². The number of primary sulfonamides is 1. The molecule has 26 heavy (non-hydrogen) atoms. The van der Waals surface area contributed by atoms with Crippen LogP contribution in [0.1, 0.15) is 16.8 Å². The van der Waals surface area contributed by atoms with Crippen molar-refractivity contribution < 1.29 is 22.7 Å². The van der Waals surface area contributed by atoms with Crippen molar-refractivity contribution in [1.82, 2.24) is 5.32 Å². The van der Waals surface area contributed by atoms with Crippen LogP contribution in [0.25, 0.3) is 0 Å². The van der Waals surface area contributed by atoms with E-state index < -0.39 is 10.0 Å². The molecule has 0 atom stereocenters. The minimum Gasteiger partial charge on any atom is -0.497 e. The van der Waals surface area contributed by atoms with Crippen LogP contribution in [0.15, 0.2) is 53.4 Å². The Balaban J connectivity index is 1.82. The Hall–Kier alpha value is -2.91. The normalized spacial score (nSPS) is 10.8. The Labute approximate surface area is 151 Å². The van der Waals surface area contributed by atoms with Gasteiger partial charge in [-0.1, -0.05) is 6.07 Å². The van der Waals surface area contributed by atoms with Gasteiger partial charge in [-0.3, -0.25) is 9.59 Å². The first-order valence-electron chi connectivity index (χ1n) is 7.64. The number of benzene rings is 2. The zero-order valence-electron chi connectivity index (χ0n) is 14.1. The number of anilines is 1. The molecule has 4 N–H and O–H groups in total. The summed E-state index contributed by atoms with van der Waals surface area (Å²) in [5.41, 5.74) is 0.866. The summed E-state index contributed by atoms with van der Waals surface area (Å²) in [6.07, 6.45) is 0.0622. The minimum atomic E-state index is -3.77. The molecule has 0 unspecified atom stereocenters. The zero-order chi connectivity index (χ0) is 19.2. The standard InChI is InChI=1S/C17H19N3O5S/c1-25-14-4-2-3-12(11-14)17(22)19-10-9-16(21)20-13-5-7-15(8-6-13)26(18,23)24/h2-8,11H,9-10H2,1H3,(H,19,22)(H,20,21)(H2,18,23,24). The summed E-state index contributed by atoms with van der Waals surface area (Å²) in [5, 5.41) is 10.3. The SMILES string of the molecule is COc1cccc(C(=O)NCCC(=O)Nc2ccc(S(N)(=O)=O)cc2)c1. The number of ether oxygens (including phenoxy) is 1. The van der Waals surface area contributed by atoms with Crippen LogP contribution in [0.2, 0.25) is 0 Å². The molecule has 8 nitrogen and oxygen atoms in total. The summed E-state index contributed by atoms with van der Waals surface area (Å²) in [6.45, 7) is 0.150. The second-order valence-electron chi connectivity index (χ2n) is 5.36. The first kappa shape index (κ1) is 19.4. The fourth-order valence-corrected chi connectivity index (χ4v) is 2.62. The molecule has 0 radical (unpaired) electrons. The summed E-state index contributed by atoms with van der Waals surface area (Å²) in [7, 11) is -2.26. The molecular weight excluding hydrogens is 358 g/mol. The topological polar surface area (TPSA) is 128 Å². The number of carbonyl (C=O) groups excluding carboxylic acids is 2. The van der Waals surface area contributed by atoms with E-state index in [1.807, 2.05) is 0 Å². The molecule has 0 bridgehead atoms. The van der Waals surface area contributed by atoms with Gasteiger partial charge in [-0.2, -0.15) is 0 Å². The number of hydrogen-bond acceptors (Lipinski definition) is 5. The molecule has 2 amide bonds. The van der Waals surface area contributed by atoms with Crippen molar-refractivity contribution in [2.75, 3.05) is 19.0 Å². The lowest BCUT2D eigenvalue weighted by Gasteiger charge is -2.08. The molecule has 0 aliphatic carbocycles. The molecule has 0 fully saturated rings. The van der Waals surface area contributed by atoms with E-state index in [0.29, 0.717) is 17.0 Å². The maximum Gasteiger partial charge on any atom is 0.251 e. The number of sulfonamides is 1. The summed E-state index contributed by atoms with van der Waals surface area (Å²) >= 11 is 0. The van der Waals surface area contributed by atoms with Crippen LogP contribution in [0.5, 0.6) is 5.75 Å². The van der Waals surface area contributed by atoms with E-state index in [0.717, 1.165) is 0 Å². The maximum absolute atomic E-state index is 12.0. The van der Waals surface area contributed by atoms with Gasteiger partial charge < -0.3 is 15.4 Å². The highest BCUT2D eigenvalue weighted by Crippen LogP contribution is 2.13. The molecule has 0 aliphatic heterocycles. The number of methoxy groups -OCH3 is 1. The molecule has 138 valence electrons. The zero-order valence-corrected chi connectivity index (χ0v) is 14.9. The van der Waals surface area contributed by atoms with Gasteiger partial charge in [-0.05, 0) is 42.5 Å². The van der Waals surface area contributed by atoms with E-state index in [9.17, 15) is 18.0 Å². The molecular formula is C17H19N3O5S. The van der Waals surface area contributed by atoms with Gasteiger partial charge in [-0.25, -0.2) is 13.6 Å². The second-order valence-corrected chi connectivity index (χ2v) is 6.92. The number of amides is 2. The monoisotopic (exact) mass is 377 g/mol. The maximum atomic E-state index is 12.0. The Morgan fingerprint density at radius 2 is 1.81 bits per heavy atom.